The van der Waals surface area contributed by atoms with Gasteiger partial charge >= 0.3 is 6.09 Å². The van der Waals surface area contributed by atoms with Crippen molar-refractivity contribution in [2.24, 2.45) is 5.92 Å². The predicted octanol–water partition coefficient (Wildman–Crippen LogP) is 6.57. The lowest BCUT2D eigenvalue weighted by molar-refractivity contribution is -0.131. The van der Waals surface area contributed by atoms with E-state index in [0.717, 1.165) is 0 Å². The Kier molecular flexibility index (Phi) is 9.42. The number of rotatable bonds is 9. The SMILES string of the molecule is CC(C)[C@H]1COC(=O)N1C(=O)C[C@@H](C[C@@H](C)O[Si](C)(C)C(C)(C)C)O[Si](C)(C)C(C)(C)C. The summed E-state index contributed by atoms with van der Waals surface area (Å²) in [5.74, 6) is -0.0690. The van der Waals surface area contributed by atoms with Crippen molar-refractivity contribution in [3.63, 3.8) is 0 Å². The van der Waals surface area contributed by atoms with E-state index in [4.69, 9.17) is 13.6 Å². The van der Waals surface area contributed by atoms with E-state index in [1.54, 1.807) is 0 Å². The van der Waals surface area contributed by atoms with Gasteiger partial charge in [-0.25, -0.2) is 9.69 Å². The number of cyclic esters (lactones) is 1. The second-order valence-electron chi connectivity index (χ2n) is 12.8. The van der Waals surface area contributed by atoms with Crippen LogP contribution in [0.1, 0.15) is 75.2 Å². The van der Waals surface area contributed by atoms with Crippen LogP contribution in [0.15, 0.2) is 0 Å². The molecule has 0 aromatic rings. The van der Waals surface area contributed by atoms with Crippen molar-refractivity contribution in [1.29, 1.82) is 0 Å². The first kappa shape index (κ1) is 29.3. The summed E-state index contributed by atoms with van der Waals surface area (Å²) in [7, 11) is -4.07. The zero-order chi connectivity index (χ0) is 25.3. The normalized spacial score (nSPS) is 20.5. The van der Waals surface area contributed by atoms with Crippen molar-refractivity contribution in [1.82, 2.24) is 4.90 Å². The van der Waals surface area contributed by atoms with Crippen molar-refractivity contribution >= 4 is 28.6 Å². The molecule has 0 saturated carbocycles. The summed E-state index contributed by atoms with van der Waals surface area (Å²) in [6, 6.07) is -0.218. The first-order valence-corrected chi connectivity index (χ1v) is 17.9. The molecular formula is C24H49NO5Si2. The smallest absolute Gasteiger partial charge is 0.416 e. The molecule has 6 nitrogen and oxygen atoms in total. The van der Waals surface area contributed by atoms with E-state index >= 15 is 0 Å². The summed E-state index contributed by atoms with van der Waals surface area (Å²) in [6.07, 6.45) is -0.0876. The van der Waals surface area contributed by atoms with Crippen molar-refractivity contribution < 1.29 is 23.2 Å². The number of hydrogen-bond donors (Lipinski definition) is 0. The summed E-state index contributed by atoms with van der Waals surface area (Å²) >= 11 is 0. The Bertz CT molecular complexity index is 664. The average molecular weight is 488 g/mol. The maximum atomic E-state index is 13.3. The fraction of sp³-hybridized carbons (Fsp3) is 0.917. The van der Waals surface area contributed by atoms with Crippen molar-refractivity contribution in [3.8, 4) is 0 Å². The van der Waals surface area contributed by atoms with Crippen LogP contribution in [0.3, 0.4) is 0 Å². The van der Waals surface area contributed by atoms with Crippen LogP contribution < -0.4 is 0 Å². The van der Waals surface area contributed by atoms with E-state index in [1.165, 1.54) is 4.90 Å². The third-order valence-corrected chi connectivity index (χ3v) is 16.6. The Hall–Kier alpha value is -0.706. The third-order valence-electron chi connectivity index (χ3n) is 7.51. The van der Waals surface area contributed by atoms with Crippen molar-refractivity contribution in [2.75, 3.05) is 6.61 Å². The molecule has 3 atom stereocenters. The van der Waals surface area contributed by atoms with Gasteiger partial charge in [-0.1, -0.05) is 55.4 Å². The number of hydrogen-bond acceptors (Lipinski definition) is 5. The number of carbonyl (C=O) groups excluding carboxylic acids is 2. The van der Waals surface area contributed by atoms with E-state index in [9.17, 15) is 9.59 Å². The quantitative estimate of drug-likeness (QED) is 0.344. The number of imide groups is 1. The summed E-state index contributed by atoms with van der Waals surface area (Å²) in [6.45, 7) is 28.5. The molecule has 0 radical (unpaired) electrons. The highest BCUT2D eigenvalue weighted by Gasteiger charge is 2.44. The maximum absolute atomic E-state index is 13.3. The largest absolute Gasteiger partial charge is 0.447 e. The van der Waals surface area contributed by atoms with Crippen LogP contribution in [0.5, 0.6) is 0 Å². The molecular weight excluding hydrogens is 438 g/mol. The van der Waals surface area contributed by atoms with Crippen LogP contribution in [0.2, 0.25) is 36.3 Å². The zero-order valence-electron chi connectivity index (χ0n) is 22.9. The van der Waals surface area contributed by atoms with Crippen LogP contribution in [-0.4, -0.2) is 58.4 Å². The van der Waals surface area contributed by atoms with Gasteiger partial charge in [-0.2, -0.15) is 0 Å². The molecule has 0 N–H and O–H groups in total. The van der Waals surface area contributed by atoms with Gasteiger partial charge in [0.05, 0.1) is 18.6 Å². The molecule has 188 valence electrons. The first-order valence-electron chi connectivity index (χ1n) is 12.0. The van der Waals surface area contributed by atoms with Gasteiger partial charge in [0, 0.05) is 6.10 Å². The summed E-state index contributed by atoms with van der Waals surface area (Å²) in [5.41, 5.74) is 0. The molecule has 1 aliphatic heterocycles. The minimum Gasteiger partial charge on any atom is -0.447 e. The molecule has 1 rings (SSSR count). The summed E-state index contributed by atoms with van der Waals surface area (Å²) in [5, 5.41) is 0.127. The molecule has 1 saturated heterocycles. The first-order chi connectivity index (χ1) is 14.2. The average Bonchev–Trinajstić information content (AvgIpc) is 2.93. The van der Waals surface area contributed by atoms with Gasteiger partial charge in [-0.15, -0.1) is 0 Å². The Balaban J connectivity index is 3.08. The predicted molar refractivity (Wildman–Crippen MR) is 136 cm³/mol. The van der Waals surface area contributed by atoms with Crippen molar-refractivity contribution in [2.45, 2.75) is 130 Å². The molecule has 0 aliphatic carbocycles. The minimum absolute atomic E-state index is 0.0187. The highest BCUT2D eigenvalue weighted by molar-refractivity contribution is 6.74. The van der Waals surface area contributed by atoms with Crippen LogP contribution in [0.4, 0.5) is 4.79 Å². The molecule has 8 heteroatoms. The Morgan fingerprint density at radius 3 is 1.91 bits per heavy atom. The maximum Gasteiger partial charge on any atom is 0.416 e. The molecule has 0 aromatic carbocycles. The molecule has 1 aliphatic rings. The molecule has 1 fully saturated rings. The highest BCUT2D eigenvalue weighted by atomic mass is 28.4. The van der Waals surface area contributed by atoms with E-state index < -0.39 is 22.7 Å². The Morgan fingerprint density at radius 2 is 1.47 bits per heavy atom. The molecule has 0 bridgehead atoms. The number of carbonyl (C=O) groups is 2. The van der Waals surface area contributed by atoms with E-state index in [0.29, 0.717) is 6.42 Å². The summed E-state index contributed by atoms with van der Waals surface area (Å²) < 4.78 is 18.5. The van der Waals surface area contributed by atoms with Crippen LogP contribution in [0, 0.1) is 5.92 Å². The molecule has 32 heavy (non-hydrogen) atoms. The van der Waals surface area contributed by atoms with Gasteiger partial charge in [0.15, 0.2) is 16.6 Å². The van der Waals surface area contributed by atoms with Gasteiger partial charge in [0.2, 0.25) is 5.91 Å². The lowest BCUT2D eigenvalue weighted by atomic mass is 10.0. The van der Waals surface area contributed by atoms with Gasteiger partial charge < -0.3 is 13.6 Å². The standard InChI is InChI=1S/C24H49NO5Si2/c1-17(2)20-16-28-22(27)25(20)21(26)15-19(30-32(12,13)24(7,8)9)14-18(3)29-31(10,11)23(4,5)6/h17-20H,14-16H2,1-13H3/t18-,19-,20-/m1/s1. The lowest BCUT2D eigenvalue weighted by Crippen LogP contribution is -2.49. The summed E-state index contributed by atoms with van der Waals surface area (Å²) in [4.78, 5) is 26.9. The van der Waals surface area contributed by atoms with Crippen LogP contribution in [-0.2, 0) is 18.4 Å². The van der Waals surface area contributed by atoms with E-state index in [-0.39, 0.29) is 53.2 Å². The lowest BCUT2D eigenvalue weighted by Gasteiger charge is -2.42. The van der Waals surface area contributed by atoms with Gasteiger partial charge in [-0.3, -0.25) is 4.79 Å². The highest BCUT2D eigenvalue weighted by Crippen LogP contribution is 2.40. The monoisotopic (exact) mass is 487 g/mol. The Labute approximate surface area is 199 Å². The number of nitrogens with zero attached hydrogens (tertiary/aromatic N) is 1. The fourth-order valence-electron chi connectivity index (χ4n) is 3.37. The molecule has 0 spiro atoms. The third kappa shape index (κ3) is 7.40. The molecule has 0 unspecified atom stereocenters. The fourth-order valence-corrected chi connectivity index (χ4v) is 6.19. The second-order valence-corrected chi connectivity index (χ2v) is 22.3. The van der Waals surface area contributed by atoms with E-state index in [1.807, 2.05) is 13.8 Å². The molecule has 2 amide bonds. The van der Waals surface area contributed by atoms with Crippen molar-refractivity contribution in [3.05, 3.63) is 0 Å². The van der Waals surface area contributed by atoms with Crippen LogP contribution in [0.25, 0.3) is 0 Å². The number of amides is 2. The topological polar surface area (TPSA) is 65.1 Å². The van der Waals surface area contributed by atoms with Gasteiger partial charge in [0.1, 0.15) is 6.61 Å². The second kappa shape index (κ2) is 10.3. The van der Waals surface area contributed by atoms with Gasteiger partial charge in [-0.05, 0) is 55.5 Å². The van der Waals surface area contributed by atoms with E-state index in [2.05, 4.69) is 74.7 Å². The minimum atomic E-state index is -2.12. The van der Waals surface area contributed by atoms with Crippen LogP contribution >= 0.6 is 0 Å². The van der Waals surface area contributed by atoms with Gasteiger partial charge in [0.25, 0.3) is 0 Å². The number of ether oxygens (including phenoxy) is 1. The molecule has 1 heterocycles. The molecule has 0 aromatic heterocycles. The Morgan fingerprint density at radius 1 is 1.00 bits per heavy atom. The zero-order valence-corrected chi connectivity index (χ0v) is 24.9.